The van der Waals surface area contributed by atoms with Gasteiger partial charge >= 0.3 is 5.97 Å². The summed E-state index contributed by atoms with van der Waals surface area (Å²) < 4.78 is 0. The van der Waals surface area contributed by atoms with E-state index >= 15 is 0 Å². The third-order valence-corrected chi connectivity index (χ3v) is 3.64. The summed E-state index contributed by atoms with van der Waals surface area (Å²) >= 11 is 1.69. The first-order chi connectivity index (χ1) is 7.75. The molecule has 1 heterocycles. The van der Waals surface area contributed by atoms with Crippen molar-refractivity contribution < 1.29 is 9.90 Å². The standard InChI is InChI=1S/C12H13NO2S/c14-12(15)9-6-7-11(13-8-9)16-10-4-2-1-3-5-10/h2,4,6-8,10H,1,3,5H2,(H,14,15). The Bertz CT molecular complexity index is 400. The fraction of sp³-hybridized carbons (Fsp3) is 0.333. The van der Waals surface area contributed by atoms with E-state index in [1.54, 1.807) is 23.9 Å². The van der Waals surface area contributed by atoms with Gasteiger partial charge in [0.2, 0.25) is 0 Å². The number of hydrogen-bond acceptors (Lipinski definition) is 3. The van der Waals surface area contributed by atoms with E-state index < -0.39 is 5.97 Å². The van der Waals surface area contributed by atoms with Gasteiger partial charge in [0.05, 0.1) is 10.6 Å². The van der Waals surface area contributed by atoms with Gasteiger partial charge in [-0.1, -0.05) is 23.9 Å². The molecule has 0 fully saturated rings. The molecule has 1 aromatic rings. The summed E-state index contributed by atoms with van der Waals surface area (Å²) in [6.45, 7) is 0. The van der Waals surface area contributed by atoms with Crippen LogP contribution in [0, 0.1) is 0 Å². The molecule has 1 aliphatic rings. The van der Waals surface area contributed by atoms with Crippen LogP contribution in [0.2, 0.25) is 0 Å². The van der Waals surface area contributed by atoms with Crippen molar-refractivity contribution in [3.05, 3.63) is 36.0 Å². The van der Waals surface area contributed by atoms with Crippen LogP contribution in [-0.4, -0.2) is 21.3 Å². The molecule has 1 atom stereocenters. The number of allylic oxidation sites excluding steroid dienone is 1. The highest BCUT2D eigenvalue weighted by molar-refractivity contribution is 8.00. The fourth-order valence-corrected chi connectivity index (χ4v) is 2.66. The highest BCUT2D eigenvalue weighted by Gasteiger charge is 2.11. The normalized spacial score (nSPS) is 19.6. The molecule has 1 unspecified atom stereocenters. The lowest BCUT2D eigenvalue weighted by Crippen LogP contribution is -2.03. The van der Waals surface area contributed by atoms with E-state index in [0.717, 1.165) is 5.03 Å². The summed E-state index contributed by atoms with van der Waals surface area (Å²) in [5, 5.41) is 10.1. The van der Waals surface area contributed by atoms with Crippen molar-refractivity contribution >= 4 is 17.7 Å². The van der Waals surface area contributed by atoms with Crippen molar-refractivity contribution in [1.82, 2.24) is 4.98 Å². The highest BCUT2D eigenvalue weighted by atomic mass is 32.2. The first kappa shape index (κ1) is 11.2. The second-order valence-electron chi connectivity index (χ2n) is 3.71. The van der Waals surface area contributed by atoms with Crippen LogP contribution in [0.4, 0.5) is 0 Å². The van der Waals surface area contributed by atoms with Crippen LogP contribution in [0.1, 0.15) is 29.6 Å². The number of carboxylic acid groups (broad SMARTS) is 1. The quantitative estimate of drug-likeness (QED) is 0.818. The Hall–Kier alpha value is -1.29. The van der Waals surface area contributed by atoms with Crippen LogP contribution in [0.25, 0.3) is 0 Å². The van der Waals surface area contributed by atoms with Gasteiger partial charge in [0, 0.05) is 11.4 Å². The Morgan fingerprint density at radius 3 is 2.94 bits per heavy atom. The average Bonchev–Trinajstić information content (AvgIpc) is 2.31. The SMILES string of the molecule is O=C(O)c1ccc(SC2C=CCCC2)nc1. The molecule has 1 aromatic heterocycles. The molecule has 0 spiro atoms. The highest BCUT2D eigenvalue weighted by Crippen LogP contribution is 2.28. The number of carboxylic acids is 1. The maximum absolute atomic E-state index is 10.6. The molecule has 0 saturated carbocycles. The smallest absolute Gasteiger partial charge is 0.337 e. The van der Waals surface area contributed by atoms with Crippen molar-refractivity contribution in [2.45, 2.75) is 29.5 Å². The Morgan fingerprint density at radius 1 is 1.50 bits per heavy atom. The zero-order valence-electron chi connectivity index (χ0n) is 8.80. The molecule has 16 heavy (non-hydrogen) atoms. The lowest BCUT2D eigenvalue weighted by atomic mass is 10.1. The molecule has 0 bridgehead atoms. The lowest BCUT2D eigenvalue weighted by Gasteiger charge is -2.14. The van der Waals surface area contributed by atoms with Crippen LogP contribution in [0.3, 0.4) is 0 Å². The average molecular weight is 235 g/mol. The first-order valence-corrected chi connectivity index (χ1v) is 6.16. The minimum absolute atomic E-state index is 0.239. The largest absolute Gasteiger partial charge is 0.478 e. The number of aromatic carboxylic acids is 1. The molecule has 1 aliphatic carbocycles. The topological polar surface area (TPSA) is 50.2 Å². The van der Waals surface area contributed by atoms with Gasteiger partial charge in [-0.3, -0.25) is 0 Å². The van der Waals surface area contributed by atoms with Crippen molar-refractivity contribution in [1.29, 1.82) is 0 Å². The molecule has 0 aromatic carbocycles. The van der Waals surface area contributed by atoms with Crippen LogP contribution in [-0.2, 0) is 0 Å². The van der Waals surface area contributed by atoms with E-state index in [-0.39, 0.29) is 5.56 Å². The number of aromatic nitrogens is 1. The van der Waals surface area contributed by atoms with Gasteiger partial charge in [-0.2, -0.15) is 0 Å². The van der Waals surface area contributed by atoms with Gasteiger partial charge < -0.3 is 5.11 Å². The molecule has 0 amide bonds. The van der Waals surface area contributed by atoms with Crippen LogP contribution >= 0.6 is 11.8 Å². The van der Waals surface area contributed by atoms with Crippen LogP contribution in [0.5, 0.6) is 0 Å². The summed E-state index contributed by atoms with van der Waals surface area (Å²) in [5.41, 5.74) is 0.239. The lowest BCUT2D eigenvalue weighted by molar-refractivity contribution is 0.0696. The third-order valence-electron chi connectivity index (χ3n) is 2.47. The molecular weight excluding hydrogens is 222 g/mol. The number of thioether (sulfide) groups is 1. The van der Waals surface area contributed by atoms with E-state index in [1.165, 1.54) is 25.5 Å². The minimum Gasteiger partial charge on any atom is -0.478 e. The Morgan fingerprint density at radius 2 is 2.38 bits per heavy atom. The van der Waals surface area contributed by atoms with Gasteiger partial charge in [0.15, 0.2) is 0 Å². The zero-order chi connectivity index (χ0) is 11.4. The van der Waals surface area contributed by atoms with Crippen molar-refractivity contribution in [2.75, 3.05) is 0 Å². The second kappa shape index (κ2) is 5.16. The van der Waals surface area contributed by atoms with Crippen LogP contribution < -0.4 is 0 Å². The molecule has 4 heteroatoms. The van der Waals surface area contributed by atoms with Gasteiger partial charge in [-0.05, 0) is 31.4 Å². The van der Waals surface area contributed by atoms with Crippen molar-refractivity contribution in [3.8, 4) is 0 Å². The van der Waals surface area contributed by atoms with E-state index in [2.05, 4.69) is 17.1 Å². The number of hydrogen-bond donors (Lipinski definition) is 1. The summed E-state index contributed by atoms with van der Waals surface area (Å²) in [6.07, 6.45) is 9.39. The number of nitrogens with zero attached hydrogens (tertiary/aromatic N) is 1. The molecule has 84 valence electrons. The van der Waals surface area contributed by atoms with Gasteiger partial charge in [0.25, 0.3) is 0 Å². The second-order valence-corrected chi connectivity index (χ2v) is 4.97. The maximum Gasteiger partial charge on any atom is 0.337 e. The molecular formula is C12H13NO2S. The van der Waals surface area contributed by atoms with Gasteiger partial charge in [-0.25, -0.2) is 9.78 Å². The number of rotatable bonds is 3. The maximum atomic E-state index is 10.6. The molecule has 3 nitrogen and oxygen atoms in total. The van der Waals surface area contributed by atoms with E-state index in [0.29, 0.717) is 5.25 Å². The molecule has 1 N–H and O–H groups in total. The van der Waals surface area contributed by atoms with Crippen molar-refractivity contribution in [3.63, 3.8) is 0 Å². The minimum atomic E-state index is -0.929. The molecule has 0 radical (unpaired) electrons. The van der Waals surface area contributed by atoms with Gasteiger partial charge in [-0.15, -0.1) is 0 Å². The van der Waals surface area contributed by atoms with E-state index in [4.69, 9.17) is 5.11 Å². The van der Waals surface area contributed by atoms with Crippen molar-refractivity contribution in [2.24, 2.45) is 0 Å². The third kappa shape index (κ3) is 2.85. The zero-order valence-corrected chi connectivity index (χ0v) is 9.61. The summed E-state index contributed by atoms with van der Waals surface area (Å²) in [4.78, 5) is 14.8. The Kier molecular flexibility index (Phi) is 3.62. The number of pyridine rings is 1. The van der Waals surface area contributed by atoms with E-state index in [9.17, 15) is 4.79 Å². The fourth-order valence-electron chi connectivity index (χ4n) is 1.61. The monoisotopic (exact) mass is 235 g/mol. The molecule has 0 saturated heterocycles. The molecule has 0 aliphatic heterocycles. The summed E-state index contributed by atoms with van der Waals surface area (Å²) in [7, 11) is 0. The predicted octanol–water partition coefficient (Wildman–Crippen LogP) is 2.98. The Labute approximate surface area is 98.6 Å². The first-order valence-electron chi connectivity index (χ1n) is 5.28. The molecule has 2 rings (SSSR count). The summed E-state index contributed by atoms with van der Waals surface area (Å²) in [6, 6.07) is 3.38. The van der Waals surface area contributed by atoms with Crippen LogP contribution in [0.15, 0.2) is 35.5 Å². The number of carbonyl (C=O) groups is 1. The van der Waals surface area contributed by atoms with E-state index in [1.807, 2.05) is 0 Å². The Balaban J connectivity index is 2.02. The summed E-state index contributed by atoms with van der Waals surface area (Å²) in [5.74, 6) is -0.929. The predicted molar refractivity (Wildman–Crippen MR) is 63.8 cm³/mol. The van der Waals surface area contributed by atoms with Gasteiger partial charge in [0.1, 0.15) is 0 Å².